The van der Waals surface area contributed by atoms with Gasteiger partial charge in [-0.1, -0.05) is 27.7 Å². The Morgan fingerprint density at radius 1 is 0.423 bits per heavy atom. The van der Waals surface area contributed by atoms with E-state index in [1.807, 2.05) is 0 Å². The Bertz CT molecular complexity index is 285. The van der Waals surface area contributed by atoms with Crippen LogP contribution in [0.2, 0.25) is 0 Å². The third kappa shape index (κ3) is 10.8. The first kappa shape index (κ1) is 23.8. The highest BCUT2D eigenvalue weighted by Gasteiger charge is 2.11. The highest BCUT2D eigenvalue weighted by atomic mass is 15.2. The van der Waals surface area contributed by atoms with Gasteiger partial charge >= 0.3 is 0 Å². The molecule has 0 spiro atoms. The molecule has 1 fully saturated rings. The molecule has 26 heavy (non-hydrogen) atoms. The molecule has 1 aliphatic heterocycles. The van der Waals surface area contributed by atoms with Crippen LogP contribution in [0.3, 0.4) is 0 Å². The van der Waals surface area contributed by atoms with Gasteiger partial charge < -0.3 is 30.2 Å². The highest BCUT2D eigenvalue weighted by Crippen LogP contribution is 1.97. The molecule has 6 nitrogen and oxygen atoms in total. The zero-order valence-electron chi connectivity index (χ0n) is 18.1. The second-order valence-corrected chi connectivity index (χ2v) is 7.24. The summed E-state index contributed by atoms with van der Waals surface area (Å²) in [6, 6.07) is 0. The third-order valence-corrected chi connectivity index (χ3v) is 5.67. The number of hydrogen-bond donors (Lipinski definition) is 2. The van der Waals surface area contributed by atoms with E-state index in [4.69, 9.17) is 0 Å². The van der Waals surface area contributed by atoms with Crippen molar-refractivity contribution >= 4 is 0 Å². The number of likely N-dealkylation sites (N-methyl/N-ethyl adjacent to an activating group) is 4. The lowest BCUT2D eigenvalue weighted by atomic mass is 10.3. The Morgan fingerprint density at radius 2 is 0.692 bits per heavy atom. The third-order valence-electron chi connectivity index (χ3n) is 5.67. The van der Waals surface area contributed by atoms with E-state index in [-0.39, 0.29) is 0 Å². The Labute approximate surface area is 163 Å². The van der Waals surface area contributed by atoms with Gasteiger partial charge in [0.2, 0.25) is 0 Å². The number of nitrogens with one attached hydrogen (secondary N) is 2. The Balaban J connectivity index is 2.55. The van der Waals surface area contributed by atoms with Crippen molar-refractivity contribution in [3.05, 3.63) is 0 Å². The molecule has 0 aliphatic carbocycles. The summed E-state index contributed by atoms with van der Waals surface area (Å²) in [6.07, 6.45) is 0. The standard InChI is InChI=1S/C20H46N6/c1-5-23-13-11-21-9-10-22-12-14-24(6-2)16-18-26(8-4)20-19-25(7-3)17-15-23/h21-22H,5-20H2,1-4H3. The Morgan fingerprint density at radius 3 is 0.962 bits per heavy atom. The second-order valence-electron chi connectivity index (χ2n) is 7.24. The largest absolute Gasteiger partial charge is 0.314 e. The summed E-state index contributed by atoms with van der Waals surface area (Å²) in [5.74, 6) is 0. The molecule has 1 heterocycles. The molecule has 2 N–H and O–H groups in total. The molecule has 0 atom stereocenters. The van der Waals surface area contributed by atoms with E-state index >= 15 is 0 Å². The van der Waals surface area contributed by atoms with Crippen LogP contribution in [0.15, 0.2) is 0 Å². The maximum absolute atomic E-state index is 3.58. The molecule has 0 unspecified atom stereocenters. The minimum absolute atomic E-state index is 1.06. The summed E-state index contributed by atoms with van der Waals surface area (Å²) in [7, 11) is 0. The lowest BCUT2D eigenvalue weighted by molar-refractivity contribution is 0.171. The van der Waals surface area contributed by atoms with Gasteiger partial charge in [-0.2, -0.15) is 0 Å². The van der Waals surface area contributed by atoms with Crippen molar-refractivity contribution in [1.29, 1.82) is 0 Å². The van der Waals surface area contributed by atoms with Gasteiger partial charge in [0, 0.05) is 78.5 Å². The first-order valence-electron chi connectivity index (χ1n) is 11.0. The SMILES string of the molecule is CCN1CCNCCNCCN(CC)CCN(CC)CCN(CC)CC1. The van der Waals surface area contributed by atoms with Crippen molar-refractivity contribution in [2.75, 3.05) is 105 Å². The fourth-order valence-corrected chi connectivity index (χ4v) is 3.46. The van der Waals surface area contributed by atoms with Crippen LogP contribution in [0.4, 0.5) is 0 Å². The van der Waals surface area contributed by atoms with Gasteiger partial charge in [-0.3, -0.25) is 0 Å². The zero-order chi connectivity index (χ0) is 19.0. The molecule has 0 bridgehead atoms. The van der Waals surface area contributed by atoms with Gasteiger partial charge in [-0.05, 0) is 26.2 Å². The molecule has 1 rings (SSSR count). The van der Waals surface area contributed by atoms with Crippen molar-refractivity contribution in [3.8, 4) is 0 Å². The molecule has 1 saturated heterocycles. The Kier molecular flexibility index (Phi) is 14.4. The van der Waals surface area contributed by atoms with Crippen LogP contribution in [0.5, 0.6) is 0 Å². The first-order valence-corrected chi connectivity index (χ1v) is 11.0. The van der Waals surface area contributed by atoms with E-state index in [0.29, 0.717) is 0 Å². The van der Waals surface area contributed by atoms with Crippen molar-refractivity contribution < 1.29 is 0 Å². The van der Waals surface area contributed by atoms with Gasteiger partial charge in [-0.15, -0.1) is 0 Å². The van der Waals surface area contributed by atoms with E-state index in [1.165, 1.54) is 39.3 Å². The van der Waals surface area contributed by atoms with Crippen LogP contribution in [-0.4, -0.2) is 124 Å². The fourth-order valence-electron chi connectivity index (χ4n) is 3.46. The summed E-state index contributed by atoms with van der Waals surface area (Å²) < 4.78 is 0. The topological polar surface area (TPSA) is 37.0 Å². The zero-order valence-corrected chi connectivity index (χ0v) is 18.1. The monoisotopic (exact) mass is 370 g/mol. The van der Waals surface area contributed by atoms with Crippen molar-refractivity contribution in [2.24, 2.45) is 0 Å². The van der Waals surface area contributed by atoms with E-state index in [2.05, 4.69) is 57.9 Å². The molecule has 0 radical (unpaired) electrons. The predicted octanol–water partition coefficient (Wildman–Crippen LogP) is 0.467. The average molecular weight is 371 g/mol. The van der Waals surface area contributed by atoms with Crippen LogP contribution in [-0.2, 0) is 0 Å². The quantitative estimate of drug-likeness (QED) is 0.749. The smallest absolute Gasteiger partial charge is 0.0110 e. The molecule has 0 aromatic carbocycles. The Hall–Kier alpha value is -0.240. The normalized spacial score (nSPS) is 23.5. The minimum atomic E-state index is 1.06. The van der Waals surface area contributed by atoms with Gasteiger partial charge in [0.15, 0.2) is 0 Å². The molecule has 0 aromatic heterocycles. The molecule has 6 heteroatoms. The molecule has 0 amide bonds. The maximum Gasteiger partial charge on any atom is 0.0110 e. The number of rotatable bonds is 4. The van der Waals surface area contributed by atoms with Crippen LogP contribution >= 0.6 is 0 Å². The molecule has 156 valence electrons. The van der Waals surface area contributed by atoms with Crippen molar-refractivity contribution in [1.82, 2.24) is 30.2 Å². The van der Waals surface area contributed by atoms with Crippen molar-refractivity contribution in [2.45, 2.75) is 27.7 Å². The molecule has 0 saturated carbocycles. The molecular formula is C20H46N6. The predicted molar refractivity (Wildman–Crippen MR) is 114 cm³/mol. The minimum Gasteiger partial charge on any atom is -0.314 e. The fraction of sp³-hybridized carbons (Fsp3) is 1.00. The molecule has 0 aromatic rings. The lowest BCUT2D eigenvalue weighted by Crippen LogP contribution is -2.44. The summed E-state index contributed by atoms with van der Waals surface area (Å²) >= 11 is 0. The summed E-state index contributed by atoms with van der Waals surface area (Å²) in [6.45, 7) is 27.5. The van der Waals surface area contributed by atoms with Crippen LogP contribution < -0.4 is 10.6 Å². The molecule has 1 aliphatic rings. The van der Waals surface area contributed by atoms with Crippen LogP contribution in [0.25, 0.3) is 0 Å². The van der Waals surface area contributed by atoms with E-state index in [9.17, 15) is 0 Å². The summed E-state index contributed by atoms with van der Waals surface area (Å²) in [4.78, 5) is 10.4. The molecular weight excluding hydrogens is 324 g/mol. The van der Waals surface area contributed by atoms with Gasteiger partial charge in [0.25, 0.3) is 0 Å². The summed E-state index contributed by atoms with van der Waals surface area (Å²) in [5.41, 5.74) is 0. The average Bonchev–Trinajstić information content (AvgIpc) is 2.67. The van der Waals surface area contributed by atoms with Gasteiger partial charge in [-0.25, -0.2) is 0 Å². The van der Waals surface area contributed by atoms with Crippen molar-refractivity contribution in [3.63, 3.8) is 0 Å². The van der Waals surface area contributed by atoms with Gasteiger partial charge in [0.05, 0.1) is 0 Å². The van der Waals surface area contributed by atoms with E-state index in [1.54, 1.807) is 0 Å². The summed E-state index contributed by atoms with van der Waals surface area (Å²) in [5, 5.41) is 7.16. The van der Waals surface area contributed by atoms with Gasteiger partial charge in [0.1, 0.15) is 0 Å². The second kappa shape index (κ2) is 15.8. The lowest BCUT2D eigenvalue weighted by Gasteiger charge is -2.30. The van der Waals surface area contributed by atoms with E-state index < -0.39 is 0 Å². The van der Waals surface area contributed by atoms with Crippen LogP contribution in [0, 0.1) is 0 Å². The first-order chi connectivity index (χ1) is 12.7. The maximum atomic E-state index is 3.58. The number of hydrogen-bond acceptors (Lipinski definition) is 6. The number of nitrogens with zero attached hydrogens (tertiary/aromatic N) is 4. The van der Waals surface area contributed by atoms with E-state index in [0.717, 1.165) is 65.4 Å². The highest BCUT2D eigenvalue weighted by molar-refractivity contribution is 4.68. The van der Waals surface area contributed by atoms with Crippen LogP contribution in [0.1, 0.15) is 27.7 Å².